The standard InChI is InChI=1S/C17H19FN4O3/c1-24-15-3-2-11(18)8-12(15)17(23)22-13-5-7-25-9-14(13)21-16-4-6-19-10-20-16/h2-4,6,8,10,13-14H,5,7,9H2,1H3,(H,22,23)(H,19,20,21)/t13-,14+/m0/s1. The summed E-state index contributed by atoms with van der Waals surface area (Å²) in [4.78, 5) is 20.6. The molecule has 2 aromatic rings. The van der Waals surface area contributed by atoms with Crippen LogP contribution in [-0.4, -0.2) is 48.3 Å². The van der Waals surface area contributed by atoms with Crippen molar-refractivity contribution in [2.24, 2.45) is 0 Å². The maximum atomic E-state index is 13.5. The van der Waals surface area contributed by atoms with Gasteiger partial charge in [0.1, 0.15) is 23.7 Å². The van der Waals surface area contributed by atoms with Gasteiger partial charge in [0.15, 0.2) is 0 Å². The Morgan fingerprint density at radius 1 is 1.36 bits per heavy atom. The summed E-state index contributed by atoms with van der Waals surface area (Å²) in [5.41, 5.74) is 0.162. The first-order valence-corrected chi connectivity index (χ1v) is 7.92. The molecule has 2 N–H and O–H groups in total. The number of halogens is 1. The van der Waals surface area contributed by atoms with Gasteiger partial charge in [-0.1, -0.05) is 0 Å². The van der Waals surface area contributed by atoms with Crippen LogP contribution in [0.4, 0.5) is 10.2 Å². The predicted octanol–water partition coefficient (Wildman–Crippen LogP) is 1.62. The second-order valence-corrected chi connectivity index (χ2v) is 5.63. The average molecular weight is 346 g/mol. The number of rotatable bonds is 5. The first-order valence-electron chi connectivity index (χ1n) is 7.92. The molecule has 1 aromatic carbocycles. The minimum Gasteiger partial charge on any atom is -0.496 e. The third kappa shape index (κ3) is 4.21. The van der Waals surface area contributed by atoms with Crippen LogP contribution in [0.5, 0.6) is 5.75 Å². The van der Waals surface area contributed by atoms with E-state index in [1.165, 1.54) is 31.6 Å². The number of hydrogen-bond acceptors (Lipinski definition) is 6. The van der Waals surface area contributed by atoms with E-state index in [4.69, 9.17) is 9.47 Å². The Hall–Kier alpha value is -2.74. The summed E-state index contributed by atoms with van der Waals surface area (Å²) in [7, 11) is 1.44. The summed E-state index contributed by atoms with van der Waals surface area (Å²) in [6, 6.07) is 5.24. The summed E-state index contributed by atoms with van der Waals surface area (Å²) in [6.45, 7) is 0.961. The minimum atomic E-state index is -0.492. The molecule has 0 unspecified atom stereocenters. The molecule has 0 bridgehead atoms. The molecule has 0 spiro atoms. The third-order valence-corrected chi connectivity index (χ3v) is 3.99. The summed E-state index contributed by atoms with van der Waals surface area (Å²) in [5, 5.41) is 6.17. The highest BCUT2D eigenvalue weighted by Crippen LogP contribution is 2.20. The molecule has 1 saturated heterocycles. The Morgan fingerprint density at radius 2 is 2.24 bits per heavy atom. The molecule has 1 aliphatic heterocycles. The van der Waals surface area contributed by atoms with Gasteiger partial charge in [-0.2, -0.15) is 0 Å². The zero-order valence-electron chi connectivity index (χ0n) is 13.7. The summed E-state index contributed by atoms with van der Waals surface area (Å²) in [5.74, 6) is 0.0886. The second kappa shape index (κ2) is 7.89. The van der Waals surface area contributed by atoms with Crippen LogP contribution in [0, 0.1) is 5.82 Å². The lowest BCUT2D eigenvalue weighted by Gasteiger charge is -2.33. The fourth-order valence-electron chi connectivity index (χ4n) is 2.72. The average Bonchev–Trinajstić information content (AvgIpc) is 2.64. The topological polar surface area (TPSA) is 85.4 Å². The highest BCUT2D eigenvalue weighted by atomic mass is 19.1. The molecule has 0 aliphatic carbocycles. The number of carbonyl (C=O) groups excluding carboxylic acids is 1. The molecular weight excluding hydrogens is 327 g/mol. The van der Waals surface area contributed by atoms with Crippen molar-refractivity contribution < 1.29 is 18.7 Å². The van der Waals surface area contributed by atoms with E-state index in [0.717, 1.165) is 0 Å². The van der Waals surface area contributed by atoms with Gasteiger partial charge < -0.3 is 20.1 Å². The number of ether oxygens (including phenoxy) is 2. The van der Waals surface area contributed by atoms with Gasteiger partial charge in [0.25, 0.3) is 5.91 Å². The van der Waals surface area contributed by atoms with Gasteiger partial charge in [0.2, 0.25) is 0 Å². The molecule has 7 nitrogen and oxygen atoms in total. The lowest BCUT2D eigenvalue weighted by Crippen LogP contribution is -2.52. The summed E-state index contributed by atoms with van der Waals surface area (Å²) in [6.07, 6.45) is 3.70. The van der Waals surface area contributed by atoms with Crippen LogP contribution in [0.25, 0.3) is 0 Å². The smallest absolute Gasteiger partial charge is 0.255 e. The highest BCUT2D eigenvalue weighted by Gasteiger charge is 2.28. The second-order valence-electron chi connectivity index (χ2n) is 5.63. The molecule has 1 amide bonds. The van der Waals surface area contributed by atoms with E-state index in [-0.39, 0.29) is 17.6 Å². The number of aromatic nitrogens is 2. The number of methoxy groups -OCH3 is 1. The van der Waals surface area contributed by atoms with Gasteiger partial charge in [0, 0.05) is 12.8 Å². The van der Waals surface area contributed by atoms with Gasteiger partial charge in [-0.05, 0) is 30.7 Å². The lowest BCUT2D eigenvalue weighted by molar-refractivity contribution is 0.0619. The molecule has 0 saturated carbocycles. The van der Waals surface area contributed by atoms with Gasteiger partial charge in [-0.3, -0.25) is 4.79 Å². The molecule has 1 aromatic heterocycles. The van der Waals surface area contributed by atoms with E-state index in [1.54, 1.807) is 12.3 Å². The number of nitrogens with zero attached hydrogens (tertiary/aromatic N) is 2. The van der Waals surface area contributed by atoms with Crippen LogP contribution < -0.4 is 15.4 Å². The summed E-state index contributed by atoms with van der Waals surface area (Å²) >= 11 is 0. The Morgan fingerprint density at radius 3 is 3.00 bits per heavy atom. The lowest BCUT2D eigenvalue weighted by atomic mass is 10.0. The fraction of sp³-hybridized carbons (Fsp3) is 0.353. The van der Waals surface area contributed by atoms with Crippen LogP contribution in [0.2, 0.25) is 0 Å². The minimum absolute atomic E-state index is 0.160. The molecule has 2 atom stereocenters. The third-order valence-electron chi connectivity index (χ3n) is 3.99. The maximum absolute atomic E-state index is 13.5. The zero-order chi connectivity index (χ0) is 17.6. The molecule has 132 valence electrons. The van der Waals surface area contributed by atoms with E-state index in [9.17, 15) is 9.18 Å². The van der Waals surface area contributed by atoms with Crippen LogP contribution >= 0.6 is 0 Å². The number of carbonyl (C=O) groups is 1. The van der Waals surface area contributed by atoms with Crippen LogP contribution in [0.1, 0.15) is 16.8 Å². The van der Waals surface area contributed by atoms with Crippen molar-refractivity contribution in [3.8, 4) is 5.75 Å². The van der Waals surface area contributed by atoms with Crippen LogP contribution in [0.15, 0.2) is 36.8 Å². The van der Waals surface area contributed by atoms with Crippen molar-refractivity contribution in [2.75, 3.05) is 25.6 Å². The molecule has 1 aliphatic rings. The number of hydrogen-bond donors (Lipinski definition) is 2. The summed E-state index contributed by atoms with van der Waals surface area (Å²) < 4.78 is 24.1. The Labute approximate surface area is 144 Å². The van der Waals surface area contributed by atoms with Crippen molar-refractivity contribution >= 4 is 11.7 Å². The fourth-order valence-corrected chi connectivity index (χ4v) is 2.72. The molecule has 1 fully saturated rings. The van der Waals surface area contributed by atoms with E-state index < -0.39 is 11.7 Å². The quantitative estimate of drug-likeness (QED) is 0.856. The monoisotopic (exact) mass is 346 g/mol. The van der Waals surface area contributed by atoms with Gasteiger partial charge in [-0.15, -0.1) is 0 Å². The number of benzene rings is 1. The Kier molecular flexibility index (Phi) is 5.39. The zero-order valence-corrected chi connectivity index (χ0v) is 13.7. The number of anilines is 1. The van der Waals surface area contributed by atoms with Gasteiger partial charge in [-0.25, -0.2) is 14.4 Å². The molecular formula is C17H19FN4O3. The van der Waals surface area contributed by atoms with E-state index in [0.29, 0.717) is 31.2 Å². The van der Waals surface area contributed by atoms with Crippen molar-refractivity contribution in [1.29, 1.82) is 0 Å². The van der Waals surface area contributed by atoms with Crippen LogP contribution in [-0.2, 0) is 4.74 Å². The molecule has 25 heavy (non-hydrogen) atoms. The Bertz CT molecular complexity index is 729. The molecule has 0 radical (unpaired) electrons. The van der Waals surface area contributed by atoms with Gasteiger partial charge in [0.05, 0.1) is 31.4 Å². The van der Waals surface area contributed by atoms with Gasteiger partial charge >= 0.3 is 0 Å². The maximum Gasteiger partial charge on any atom is 0.255 e. The van der Waals surface area contributed by atoms with Crippen molar-refractivity contribution in [2.45, 2.75) is 18.5 Å². The van der Waals surface area contributed by atoms with Crippen LogP contribution in [0.3, 0.4) is 0 Å². The van der Waals surface area contributed by atoms with E-state index in [2.05, 4.69) is 20.6 Å². The van der Waals surface area contributed by atoms with E-state index in [1.807, 2.05) is 0 Å². The largest absolute Gasteiger partial charge is 0.496 e. The normalized spacial score (nSPS) is 19.9. The SMILES string of the molecule is COc1ccc(F)cc1C(=O)N[C@H]1CCOC[C@H]1Nc1ccncn1. The molecule has 3 rings (SSSR count). The number of nitrogens with one attached hydrogen (secondary N) is 2. The van der Waals surface area contributed by atoms with E-state index >= 15 is 0 Å². The van der Waals surface area contributed by atoms with Crippen molar-refractivity contribution in [3.63, 3.8) is 0 Å². The first-order chi connectivity index (χ1) is 12.2. The number of amides is 1. The Balaban J connectivity index is 1.73. The highest BCUT2D eigenvalue weighted by molar-refractivity contribution is 5.97. The predicted molar refractivity (Wildman–Crippen MR) is 89.1 cm³/mol. The van der Waals surface area contributed by atoms with Crippen molar-refractivity contribution in [3.05, 3.63) is 48.2 Å². The molecule has 2 heterocycles. The first kappa shape index (κ1) is 17.1. The van der Waals surface area contributed by atoms with Crippen molar-refractivity contribution in [1.82, 2.24) is 15.3 Å². The molecule has 8 heteroatoms.